The van der Waals surface area contributed by atoms with Crippen molar-refractivity contribution in [3.05, 3.63) is 23.8 Å². The number of anilines is 1. The Morgan fingerprint density at radius 3 is 2.25 bits per heavy atom. The average Bonchev–Trinajstić information content (AvgIpc) is 2.86. The molecule has 3 amide bonds. The Bertz CT molecular complexity index is 873. The van der Waals surface area contributed by atoms with E-state index in [9.17, 15) is 22.8 Å². The van der Waals surface area contributed by atoms with Gasteiger partial charge >= 0.3 is 0 Å². The van der Waals surface area contributed by atoms with Crippen LogP contribution in [0.25, 0.3) is 0 Å². The fraction of sp³-hybridized carbons (Fsp3) is 0.526. The molecule has 8 nitrogen and oxygen atoms in total. The van der Waals surface area contributed by atoms with Gasteiger partial charge in [0.05, 0.1) is 4.90 Å². The molecule has 0 spiro atoms. The number of nitrogens with one attached hydrogen (secondary N) is 1. The smallest absolute Gasteiger partial charge is 0.244 e. The lowest BCUT2D eigenvalue weighted by Crippen LogP contribution is -2.37. The van der Waals surface area contributed by atoms with Gasteiger partial charge in [0.2, 0.25) is 27.7 Å². The lowest BCUT2D eigenvalue weighted by molar-refractivity contribution is -0.141. The molecule has 0 aromatic heterocycles. The van der Waals surface area contributed by atoms with Crippen LogP contribution in [0.1, 0.15) is 44.1 Å². The van der Waals surface area contributed by atoms with E-state index < -0.39 is 15.9 Å². The maximum atomic E-state index is 13.1. The molecule has 2 aliphatic rings. The highest BCUT2D eigenvalue weighted by Gasteiger charge is 2.31. The van der Waals surface area contributed by atoms with E-state index in [2.05, 4.69) is 5.32 Å². The lowest BCUT2D eigenvalue weighted by Gasteiger charge is -2.21. The molecule has 9 heteroatoms. The van der Waals surface area contributed by atoms with Gasteiger partial charge in [0.25, 0.3) is 0 Å². The summed E-state index contributed by atoms with van der Waals surface area (Å²) in [4.78, 5) is 36.6. The summed E-state index contributed by atoms with van der Waals surface area (Å²) in [7, 11) is -3.65. The summed E-state index contributed by atoms with van der Waals surface area (Å²) in [6, 6.07) is 4.70. The van der Waals surface area contributed by atoms with Crippen LogP contribution in [0.15, 0.2) is 23.1 Å². The molecule has 0 atom stereocenters. The van der Waals surface area contributed by atoms with Gasteiger partial charge in [-0.15, -0.1) is 0 Å². The maximum absolute atomic E-state index is 13.1. The minimum absolute atomic E-state index is 0.120. The molecular formula is C19H25N3O5S. The van der Waals surface area contributed by atoms with Gasteiger partial charge in [-0.3, -0.25) is 19.3 Å². The van der Waals surface area contributed by atoms with Gasteiger partial charge in [0.15, 0.2) is 0 Å². The van der Waals surface area contributed by atoms with Crippen LogP contribution in [0.2, 0.25) is 0 Å². The molecule has 2 heterocycles. The van der Waals surface area contributed by atoms with E-state index in [0.717, 1.165) is 30.6 Å². The van der Waals surface area contributed by atoms with E-state index in [1.807, 2.05) is 0 Å². The summed E-state index contributed by atoms with van der Waals surface area (Å²) in [5.74, 6) is -1.27. The number of carbonyl (C=O) groups is 3. The quantitative estimate of drug-likeness (QED) is 0.748. The van der Waals surface area contributed by atoms with Crippen molar-refractivity contribution in [3.63, 3.8) is 0 Å². The standard InChI is InChI=1S/C19H25N3O5S/c1-14-6-7-15(20-17(23)13-22-18(24)8-9-19(22)25)12-16(14)28(26,27)21-10-4-2-3-5-11-21/h6-7,12H,2-5,8-11,13H2,1H3,(H,20,23). The van der Waals surface area contributed by atoms with Crippen LogP contribution < -0.4 is 5.32 Å². The summed E-state index contributed by atoms with van der Waals surface area (Å²) in [6.07, 6.45) is 3.97. The minimum Gasteiger partial charge on any atom is -0.324 e. The van der Waals surface area contributed by atoms with Gasteiger partial charge in [-0.2, -0.15) is 4.31 Å². The highest BCUT2D eigenvalue weighted by molar-refractivity contribution is 7.89. The van der Waals surface area contributed by atoms with Gasteiger partial charge in [0, 0.05) is 31.6 Å². The van der Waals surface area contributed by atoms with Crippen LogP contribution in [-0.2, 0) is 24.4 Å². The number of aryl methyl sites for hydroxylation is 1. The van der Waals surface area contributed by atoms with Crippen LogP contribution in [0, 0.1) is 6.92 Å². The Morgan fingerprint density at radius 1 is 1.04 bits per heavy atom. The molecule has 1 N–H and O–H groups in total. The number of carbonyl (C=O) groups excluding carboxylic acids is 3. The summed E-state index contributed by atoms with van der Waals surface area (Å²) in [5.41, 5.74) is 0.926. The highest BCUT2D eigenvalue weighted by atomic mass is 32.2. The van der Waals surface area contributed by atoms with Crippen LogP contribution in [0.3, 0.4) is 0 Å². The molecular weight excluding hydrogens is 382 g/mol. The number of nitrogens with zero attached hydrogens (tertiary/aromatic N) is 2. The van der Waals surface area contributed by atoms with Crippen molar-refractivity contribution in [2.45, 2.75) is 50.3 Å². The van der Waals surface area contributed by atoms with Crippen LogP contribution in [-0.4, -0.2) is 55.0 Å². The lowest BCUT2D eigenvalue weighted by atomic mass is 10.2. The van der Waals surface area contributed by atoms with Gasteiger partial charge < -0.3 is 5.32 Å². The van der Waals surface area contributed by atoms with E-state index >= 15 is 0 Å². The zero-order valence-corrected chi connectivity index (χ0v) is 16.8. The number of sulfonamides is 1. The van der Waals surface area contributed by atoms with Crippen molar-refractivity contribution in [2.75, 3.05) is 25.0 Å². The second-order valence-electron chi connectivity index (χ2n) is 7.22. The minimum atomic E-state index is -3.65. The number of benzene rings is 1. The Morgan fingerprint density at radius 2 is 1.64 bits per heavy atom. The first kappa shape index (κ1) is 20.5. The van der Waals surface area contributed by atoms with Crippen molar-refractivity contribution < 1.29 is 22.8 Å². The predicted molar refractivity (Wildman–Crippen MR) is 103 cm³/mol. The highest BCUT2D eigenvalue weighted by Crippen LogP contribution is 2.26. The fourth-order valence-corrected chi connectivity index (χ4v) is 5.29. The Balaban J connectivity index is 1.76. The Kier molecular flexibility index (Phi) is 6.14. The topological polar surface area (TPSA) is 104 Å². The Hall–Kier alpha value is -2.26. The molecule has 2 fully saturated rings. The van der Waals surface area contributed by atoms with E-state index in [-0.39, 0.29) is 36.1 Å². The largest absolute Gasteiger partial charge is 0.324 e. The van der Waals surface area contributed by atoms with E-state index in [0.29, 0.717) is 24.3 Å². The second kappa shape index (κ2) is 8.40. The third-order valence-electron chi connectivity index (χ3n) is 5.11. The number of amides is 3. The van der Waals surface area contributed by atoms with Gasteiger partial charge in [0.1, 0.15) is 6.54 Å². The van der Waals surface area contributed by atoms with Gasteiger partial charge in [-0.05, 0) is 37.5 Å². The zero-order valence-electron chi connectivity index (χ0n) is 15.9. The fourth-order valence-electron chi connectivity index (χ4n) is 3.52. The molecule has 0 bridgehead atoms. The van der Waals surface area contributed by atoms with Crippen molar-refractivity contribution in [1.29, 1.82) is 0 Å². The number of hydrogen-bond donors (Lipinski definition) is 1. The molecule has 1 aromatic carbocycles. The molecule has 0 radical (unpaired) electrons. The summed E-state index contributed by atoms with van der Waals surface area (Å²) >= 11 is 0. The molecule has 0 saturated carbocycles. The van der Waals surface area contributed by atoms with E-state index in [4.69, 9.17) is 0 Å². The van der Waals surface area contributed by atoms with Crippen LogP contribution >= 0.6 is 0 Å². The van der Waals surface area contributed by atoms with Crippen molar-refractivity contribution in [1.82, 2.24) is 9.21 Å². The predicted octanol–water partition coefficient (Wildman–Crippen LogP) is 1.65. The molecule has 0 unspecified atom stereocenters. The first-order valence-corrected chi connectivity index (χ1v) is 11.0. The van der Waals surface area contributed by atoms with Crippen LogP contribution in [0.4, 0.5) is 5.69 Å². The molecule has 2 saturated heterocycles. The number of imide groups is 1. The monoisotopic (exact) mass is 407 g/mol. The summed E-state index contributed by atoms with van der Waals surface area (Å²) in [5, 5.41) is 2.60. The number of likely N-dealkylation sites (tertiary alicyclic amines) is 1. The van der Waals surface area contributed by atoms with Crippen molar-refractivity contribution in [3.8, 4) is 0 Å². The number of hydrogen-bond acceptors (Lipinski definition) is 5. The summed E-state index contributed by atoms with van der Waals surface area (Å²) < 4.78 is 27.7. The maximum Gasteiger partial charge on any atom is 0.244 e. The van der Waals surface area contributed by atoms with Crippen LogP contribution in [0.5, 0.6) is 0 Å². The van der Waals surface area contributed by atoms with Crippen molar-refractivity contribution >= 4 is 33.4 Å². The molecule has 0 aliphatic carbocycles. The second-order valence-corrected chi connectivity index (χ2v) is 9.13. The molecule has 1 aromatic rings. The van der Waals surface area contributed by atoms with Crippen molar-refractivity contribution in [2.24, 2.45) is 0 Å². The normalized spacial score (nSPS) is 19.0. The third-order valence-corrected chi connectivity index (χ3v) is 7.15. The van der Waals surface area contributed by atoms with E-state index in [1.165, 1.54) is 10.4 Å². The zero-order chi connectivity index (χ0) is 20.3. The molecule has 2 aliphatic heterocycles. The average molecular weight is 407 g/mol. The summed E-state index contributed by atoms with van der Waals surface area (Å²) in [6.45, 7) is 2.35. The Labute approximate surface area is 164 Å². The van der Waals surface area contributed by atoms with Gasteiger partial charge in [-0.1, -0.05) is 18.9 Å². The van der Waals surface area contributed by atoms with E-state index in [1.54, 1.807) is 19.1 Å². The SMILES string of the molecule is Cc1ccc(NC(=O)CN2C(=O)CCC2=O)cc1S(=O)(=O)N1CCCCCC1. The molecule has 3 rings (SSSR count). The first-order chi connectivity index (χ1) is 13.3. The van der Waals surface area contributed by atoms with Gasteiger partial charge in [-0.25, -0.2) is 8.42 Å². The molecule has 28 heavy (non-hydrogen) atoms. The molecule has 152 valence electrons. The third kappa shape index (κ3) is 4.41. The number of rotatable bonds is 5. The first-order valence-electron chi connectivity index (χ1n) is 9.53.